The van der Waals surface area contributed by atoms with Crippen molar-refractivity contribution in [2.75, 3.05) is 36.8 Å². The predicted molar refractivity (Wildman–Crippen MR) is 84.3 cm³/mol. The lowest BCUT2D eigenvalue weighted by Gasteiger charge is -2.32. The van der Waals surface area contributed by atoms with Crippen LogP contribution in [0, 0.1) is 6.92 Å². The molecule has 5 nitrogen and oxygen atoms in total. The maximum absolute atomic E-state index is 4.45. The summed E-state index contributed by atoms with van der Waals surface area (Å²) in [6.07, 6.45) is 4.05. The molecule has 20 heavy (non-hydrogen) atoms. The number of nitrogens with one attached hydrogen (secondary N) is 2. The normalized spacial score (nSPS) is 17.8. The van der Waals surface area contributed by atoms with Crippen LogP contribution in [0.5, 0.6) is 0 Å². The van der Waals surface area contributed by atoms with E-state index < -0.39 is 0 Å². The molecular weight excluding hydrogens is 250 g/mol. The van der Waals surface area contributed by atoms with Crippen LogP contribution in [-0.4, -0.2) is 47.1 Å². The van der Waals surface area contributed by atoms with Gasteiger partial charge in [0, 0.05) is 25.2 Å². The lowest BCUT2D eigenvalue weighted by molar-refractivity contribution is 0.180. The first-order valence-electron chi connectivity index (χ1n) is 7.76. The monoisotopic (exact) mass is 277 g/mol. The summed E-state index contributed by atoms with van der Waals surface area (Å²) in [4.78, 5) is 11.4. The number of aryl methyl sites for hydroxylation is 1. The molecule has 1 aromatic heterocycles. The highest BCUT2D eigenvalue weighted by molar-refractivity contribution is 5.47. The van der Waals surface area contributed by atoms with Crippen LogP contribution in [-0.2, 0) is 0 Å². The topological polar surface area (TPSA) is 53.1 Å². The molecule has 1 aliphatic rings. The van der Waals surface area contributed by atoms with Crippen LogP contribution in [0.2, 0.25) is 0 Å². The molecule has 5 heteroatoms. The van der Waals surface area contributed by atoms with Gasteiger partial charge in [0.15, 0.2) is 0 Å². The van der Waals surface area contributed by atoms with E-state index in [1.54, 1.807) is 0 Å². The Morgan fingerprint density at radius 2 is 1.80 bits per heavy atom. The van der Waals surface area contributed by atoms with Gasteiger partial charge in [-0.2, -0.15) is 0 Å². The van der Waals surface area contributed by atoms with Crippen molar-refractivity contribution in [3.63, 3.8) is 0 Å². The number of anilines is 2. The third-order valence-electron chi connectivity index (χ3n) is 3.79. The van der Waals surface area contributed by atoms with Crippen molar-refractivity contribution in [2.24, 2.45) is 0 Å². The first-order valence-corrected chi connectivity index (χ1v) is 7.76. The molecule has 2 N–H and O–H groups in total. The van der Waals surface area contributed by atoms with E-state index in [2.05, 4.69) is 39.3 Å². The second-order valence-corrected chi connectivity index (χ2v) is 5.54. The van der Waals surface area contributed by atoms with Crippen LogP contribution in [0.15, 0.2) is 6.07 Å². The molecule has 1 unspecified atom stereocenters. The van der Waals surface area contributed by atoms with Gasteiger partial charge in [-0.3, -0.25) is 4.90 Å². The van der Waals surface area contributed by atoms with Crippen LogP contribution in [0.1, 0.15) is 38.9 Å². The molecule has 1 saturated heterocycles. The Morgan fingerprint density at radius 1 is 1.15 bits per heavy atom. The van der Waals surface area contributed by atoms with Gasteiger partial charge >= 0.3 is 0 Å². The minimum atomic E-state index is 0.549. The van der Waals surface area contributed by atoms with E-state index in [4.69, 9.17) is 0 Å². The Hall–Kier alpha value is -1.36. The molecule has 112 valence electrons. The maximum Gasteiger partial charge on any atom is 0.131 e. The average molecular weight is 277 g/mol. The van der Waals surface area contributed by atoms with Gasteiger partial charge < -0.3 is 10.6 Å². The van der Waals surface area contributed by atoms with Crippen molar-refractivity contribution in [1.29, 1.82) is 0 Å². The Kier molecular flexibility index (Phi) is 5.59. The van der Waals surface area contributed by atoms with Crippen molar-refractivity contribution < 1.29 is 0 Å². The minimum absolute atomic E-state index is 0.549. The Morgan fingerprint density at radius 3 is 2.45 bits per heavy atom. The third kappa shape index (κ3) is 4.34. The first kappa shape index (κ1) is 15.0. The van der Waals surface area contributed by atoms with Gasteiger partial charge in [-0.05, 0) is 46.7 Å². The largest absolute Gasteiger partial charge is 0.370 e. The van der Waals surface area contributed by atoms with E-state index in [1.165, 1.54) is 32.4 Å². The average Bonchev–Trinajstić information content (AvgIpc) is 2.45. The molecular formula is C15H27N5. The van der Waals surface area contributed by atoms with Gasteiger partial charge in [0.2, 0.25) is 0 Å². The quantitative estimate of drug-likeness (QED) is 0.837. The zero-order valence-electron chi connectivity index (χ0n) is 12.9. The van der Waals surface area contributed by atoms with E-state index >= 15 is 0 Å². The summed E-state index contributed by atoms with van der Waals surface area (Å²) in [7, 11) is 0. The second kappa shape index (κ2) is 7.43. The number of rotatable bonds is 6. The molecule has 1 fully saturated rings. The van der Waals surface area contributed by atoms with Crippen LogP contribution < -0.4 is 10.6 Å². The van der Waals surface area contributed by atoms with Crippen molar-refractivity contribution in [3.05, 3.63) is 11.9 Å². The van der Waals surface area contributed by atoms with Crippen molar-refractivity contribution in [1.82, 2.24) is 14.9 Å². The summed E-state index contributed by atoms with van der Waals surface area (Å²) < 4.78 is 0. The van der Waals surface area contributed by atoms with E-state index in [0.29, 0.717) is 6.04 Å². The minimum Gasteiger partial charge on any atom is -0.370 e. The molecule has 1 aliphatic heterocycles. The lowest BCUT2D eigenvalue weighted by atomic mass is 10.1. The number of piperidine rings is 1. The molecule has 0 aliphatic carbocycles. The SMILES string of the molecule is CCNc1cc(NCC(C)N2CCCCC2)nc(C)n1. The Balaban J connectivity index is 1.89. The van der Waals surface area contributed by atoms with Crippen LogP contribution >= 0.6 is 0 Å². The standard InChI is InChI=1S/C15H27N5/c1-4-16-14-10-15(19-13(3)18-14)17-11-12(2)20-8-6-5-7-9-20/h10,12H,4-9,11H2,1-3H3,(H2,16,17,18,19). The van der Waals surface area contributed by atoms with Gasteiger partial charge in [-0.15, -0.1) is 0 Å². The van der Waals surface area contributed by atoms with Crippen LogP contribution in [0.25, 0.3) is 0 Å². The smallest absolute Gasteiger partial charge is 0.131 e. The van der Waals surface area contributed by atoms with Crippen molar-refractivity contribution >= 4 is 11.6 Å². The molecule has 0 spiro atoms. The number of nitrogens with zero attached hydrogens (tertiary/aromatic N) is 3. The molecule has 0 bridgehead atoms. The van der Waals surface area contributed by atoms with Gasteiger partial charge in [0.1, 0.15) is 17.5 Å². The highest BCUT2D eigenvalue weighted by atomic mass is 15.2. The van der Waals surface area contributed by atoms with E-state index in [1.807, 2.05) is 13.0 Å². The molecule has 0 radical (unpaired) electrons. The van der Waals surface area contributed by atoms with E-state index in [-0.39, 0.29) is 0 Å². The summed E-state index contributed by atoms with van der Waals surface area (Å²) in [5.41, 5.74) is 0. The van der Waals surface area contributed by atoms with Gasteiger partial charge in [-0.1, -0.05) is 6.42 Å². The fraction of sp³-hybridized carbons (Fsp3) is 0.733. The summed E-state index contributed by atoms with van der Waals surface area (Å²) in [6, 6.07) is 2.53. The van der Waals surface area contributed by atoms with E-state index in [0.717, 1.165) is 30.5 Å². The summed E-state index contributed by atoms with van der Waals surface area (Å²) in [5, 5.41) is 6.69. The summed E-state index contributed by atoms with van der Waals surface area (Å²) in [5.74, 6) is 2.61. The van der Waals surface area contributed by atoms with Crippen molar-refractivity contribution in [2.45, 2.75) is 46.1 Å². The number of hydrogen-bond donors (Lipinski definition) is 2. The Bertz CT molecular complexity index is 415. The molecule has 1 atom stereocenters. The first-order chi connectivity index (χ1) is 9.69. The third-order valence-corrected chi connectivity index (χ3v) is 3.79. The maximum atomic E-state index is 4.45. The number of likely N-dealkylation sites (tertiary alicyclic amines) is 1. The fourth-order valence-electron chi connectivity index (χ4n) is 2.67. The predicted octanol–water partition coefficient (Wildman–Crippen LogP) is 2.50. The summed E-state index contributed by atoms with van der Waals surface area (Å²) >= 11 is 0. The van der Waals surface area contributed by atoms with E-state index in [9.17, 15) is 0 Å². The molecule has 1 aromatic rings. The molecule has 0 aromatic carbocycles. The van der Waals surface area contributed by atoms with Crippen LogP contribution in [0.3, 0.4) is 0 Å². The van der Waals surface area contributed by atoms with Crippen molar-refractivity contribution in [3.8, 4) is 0 Å². The fourth-order valence-corrected chi connectivity index (χ4v) is 2.67. The number of aromatic nitrogens is 2. The molecule has 2 rings (SSSR count). The second-order valence-electron chi connectivity index (χ2n) is 5.54. The lowest BCUT2D eigenvalue weighted by Crippen LogP contribution is -2.41. The highest BCUT2D eigenvalue weighted by Gasteiger charge is 2.16. The molecule has 0 amide bonds. The van der Waals surface area contributed by atoms with Gasteiger partial charge in [0.25, 0.3) is 0 Å². The zero-order valence-corrected chi connectivity index (χ0v) is 12.9. The Labute approximate surface area is 122 Å². The molecule has 0 saturated carbocycles. The zero-order chi connectivity index (χ0) is 14.4. The van der Waals surface area contributed by atoms with Crippen LogP contribution in [0.4, 0.5) is 11.6 Å². The molecule has 2 heterocycles. The summed E-state index contributed by atoms with van der Waals surface area (Å²) in [6.45, 7) is 10.6. The highest BCUT2D eigenvalue weighted by Crippen LogP contribution is 2.14. The van der Waals surface area contributed by atoms with Gasteiger partial charge in [0.05, 0.1) is 0 Å². The number of hydrogen-bond acceptors (Lipinski definition) is 5. The van der Waals surface area contributed by atoms with Gasteiger partial charge in [-0.25, -0.2) is 9.97 Å².